The first-order valence-corrected chi connectivity index (χ1v) is 11.2. The number of benzene rings is 2. The fraction of sp³-hybridized carbons (Fsp3) is 0.190. The molecule has 0 saturated carbocycles. The molecule has 0 aliphatic carbocycles. The van der Waals surface area contributed by atoms with Crippen LogP contribution in [0.5, 0.6) is 11.5 Å². The van der Waals surface area contributed by atoms with Crippen molar-refractivity contribution in [3.8, 4) is 11.5 Å². The lowest BCUT2D eigenvalue weighted by Crippen LogP contribution is -2.44. The number of hydrogen-bond donors (Lipinski definition) is 1. The third-order valence-corrected chi connectivity index (χ3v) is 5.85. The number of hydrogen-bond acceptors (Lipinski definition) is 6. The fourth-order valence-corrected chi connectivity index (χ4v) is 4.44. The minimum Gasteiger partial charge on any atom is -0.490 e. The molecule has 156 valence electrons. The van der Waals surface area contributed by atoms with E-state index in [-0.39, 0.29) is 4.32 Å². The van der Waals surface area contributed by atoms with Gasteiger partial charge in [0.15, 0.2) is 15.8 Å². The predicted molar refractivity (Wildman–Crippen MR) is 125 cm³/mol. The summed E-state index contributed by atoms with van der Waals surface area (Å²) in [6, 6.07) is 12.3. The van der Waals surface area contributed by atoms with E-state index in [0.717, 1.165) is 26.8 Å². The third-order valence-electron chi connectivity index (χ3n) is 3.96. The number of thioether (sulfide) groups is 1. The lowest BCUT2D eigenvalue weighted by molar-refractivity contribution is -0.123. The molecule has 0 bridgehead atoms. The van der Waals surface area contributed by atoms with Gasteiger partial charge in [0.05, 0.1) is 22.6 Å². The molecule has 30 heavy (non-hydrogen) atoms. The van der Waals surface area contributed by atoms with Crippen molar-refractivity contribution in [3.63, 3.8) is 0 Å². The summed E-state index contributed by atoms with van der Waals surface area (Å²) in [5, 5.41) is 1.09. The van der Waals surface area contributed by atoms with E-state index >= 15 is 0 Å². The number of nitrogens with zero attached hydrogens (tertiary/aromatic N) is 1. The molecule has 2 amide bonds. The van der Waals surface area contributed by atoms with E-state index in [1.807, 2.05) is 26.0 Å². The van der Waals surface area contributed by atoms with E-state index in [2.05, 4.69) is 21.4 Å². The molecule has 3 rings (SSSR count). The predicted octanol–water partition coefficient (Wildman–Crippen LogP) is 4.79. The standard InChI is InChI=1S/C21H19BrN2O4S2/c1-3-27-16-11-13(10-15(22)18(16)28-4-2)12-17-20(26)24(21(29)30-17)23-19(25)14-8-6-5-7-9-14/h5-12H,3-4H2,1-2H3,(H,23,25)/b17-12+. The summed E-state index contributed by atoms with van der Waals surface area (Å²) in [5.74, 6) is 0.389. The lowest BCUT2D eigenvalue weighted by Gasteiger charge is -2.15. The van der Waals surface area contributed by atoms with Gasteiger partial charge in [0.25, 0.3) is 11.8 Å². The number of carbonyl (C=O) groups excluding carboxylic acids is 2. The van der Waals surface area contributed by atoms with Crippen LogP contribution in [0.4, 0.5) is 0 Å². The number of rotatable bonds is 7. The average molecular weight is 507 g/mol. The van der Waals surface area contributed by atoms with Crippen molar-refractivity contribution in [2.24, 2.45) is 0 Å². The first-order valence-electron chi connectivity index (χ1n) is 9.17. The number of carbonyl (C=O) groups is 2. The van der Waals surface area contributed by atoms with E-state index in [4.69, 9.17) is 21.7 Å². The van der Waals surface area contributed by atoms with Gasteiger partial charge in [-0.15, -0.1) is 0 Å². The molecule has 2 aromatic rings. The smallest absolute Gasteiger partial charge is 0.285 e. The maximum absolute atomic E-state index is 12.8. The Kier molecular flexibility index (Phi) is 7.52. The van der Waals surface area contributed by atoms with Crippen LogP contribution in [0.15, 0.2) is 51.8 Å². The van der Waals surface area contributed by atoms with Crippen LogP contribution in [-0.4, -0.2) is 34.4 Å². The second-order valence-electron chi connectivity index (χ2n) is 6.02. The topological polar surface area (TPSA) is 67.9 Å². The lowest BCUT2D eigenvalue weighted by atomic mass is 10.2. The third kappa shape index (κ3) is 5.03. The highest BCUT2D eigenvalue weighted by Crippen LogP contribution is 2.39. The number of hydrazine groups is 1. The zero-order valence-corrected chi connectivity index (χ0v) is 19.5. The second-order valence-corrected chi connectivity index (χ2v) is 8.55. The molecular weight excluding hydrogens is 488 g/mol. The monoisotopic (exact) mass is 506 g/mol. The van der Waals surface area contributed by atoms with Gasteiger partial charge in [0.1, 0.15) is 0 Å². The van der Waals surface area contributed by atoms with Gasteiger partial charge < -0.3 is 9.47 Å². The molecule has 0 spiro atoms. The Bertz CT molecular complexity index is 1010. The Morgan fingerprint density at radius 1 is 1.20 bits per heavy atom. The van der Waals surface area contributed by atoms with Gasteiger partial charge in [-0.05, 0) is 77.9 Å². The Hall–Kier alpha value is -2.36. The Labute approximate surface area is 192 Å². The van der Waals surface area contributed by atoms with Gasteiger partial charge in [0.2, 0.25) is 0 Å². The number of halogens is 1. The molecule has 6 nitrogen and oxygen atoms in total. The highest BCUT2D eigenvalue weighted by Gasteiger charge is 2.34. The zero-order valence-electron chi connectivity index (χ0n) is 16.3. The summed E-state index contributed by atoms with van der Waals surface area (Å²) in [6.45, 7) is 4.75. The van der Waals surface area contributed by atoms with E-state index < -0.39 is 11.8 Å². The van der Waals surface area contributed by atoms with Gasteiger partial charge in [0, 0.05) is 5.56 Å². The molecule has 0 unspecified atom stereocenters. The van der Waals surface area contributed by atoms with Crippen LogP contribution >= 0.6 is 39.9 Å². The molecule has 0 atom stereocenters. The van der Waals surface area contributed by atoms with Crippen LogP contribution < -0.4 is 14.9 Å². The van der Waals surface area contributed by atoms with Gasteiger partial charge >= 0.3 is 0 Å². The molecule has 1 fully saturated rings. The quantitative estimate of drug-likeness (QED) is 0.430. The average Bonchev–Trinajstić information content (AvgIpc) is 2.98. The first kappa shape index (κ1) is 22.3. The largest absolute Gasteiger partial charge is 0.490 e. The molecule has 9 heteroatoms. The van der Waals surface area contributed by atoms with Crippen molar-refractivity contribution in [1.29, 1.82) is 0 Å². The minimum absolute atomic E-state index is 0.255. The SMILES string of the molecule is CCOc1cc(/C=C2/SC(=S)N(NC(=O)c3ccccc3)C2=O)cc(Br)c1OCC. The molecule has 0 radical (unpaired) electrons. The van der Waals surface area contributed by atoms with Gasteiger partial charge in [-0.2, -0.15) is 5.01 Å². The number of thiocarbonyl (C=S) groups is 1. The van der Waals surface area contributed by atoms with Gasteiger partial charge in [-0.25, -0.2) is 0 Å². The van der Waals surface area contributed by atoms with Crippen molar-refractivity contribution in [2.45, 2.75) is 13.8 Å². The second kappa shape index (κ2) is 10.1. The molecule has 2 aromatic carbocycles. The molecular formula is C21H19BrN2O4S2. The Morgan fingerprint density at radius 3 is 2.57 bits per heavy atom. The van der Waals surface area contributed by atoms with Crippen LogP contribution in [0.3, 0.4) is 0 Å². The Balaban J connectivity index is 1.84. The Morgan fingerprint density at radius 2 is 1.90 bits per heavy atom. The maximum atomic E-state index is 12.8. The van der Waals surface area contributed by atoms with Crippen LogP contribution in [0.25, 0.3) is 6.08 Å². The summed E-state index contributed by atoms with van der Waals surface area (Å²) in [4.78, 5) is 25.6. The molecule has 1 heterocycles. The summed E-state index contributed by atoms with van der Waals surface area (Å²) >= 11 is 9.90. The van der Waals surface area contributed by atoms with Crippen molar-refractivity contribution < 1.29 is 19.1 Å². The van der Waals surface area contributed by atoms with Gasteiger partial charge in [-0.3, -0.25) is 15.0 Å². The van der Waals surface area contributed by atoms with Crippen LogP contribution in [0.2, 0.25) is 0 Å². The summed E-state index contributed by atoms with van der Waals surface area (Å²) in [7, 11) is 0. The molecule has 1 N–H and O–H groups in total. The van der Waals surface area contributed by atoms with Crippen LogP contribution in [0.1, 0.15) is 29.8 Å². The number of amides is 2. The van der Waals surface area contributed by atoms with Crippen molar-refractivity contribution >= 4 is 62.1 Å². The van der Waals surface area contributed by atoms with E-state index in [1.165, 1.54) is 0 Å². The maximum Gasteiger partial charge on any atom is 0.285 e. The van der Waals surface area contributed by atoms with Crippen molar-refractivity contribution in [3.05, 3.63) is 63.0 Å². The summed E-state index contributed by atoms with van der Waals surface area (Å²) in [6.07, 6.45) is 1.71. The number of nitrogens with one attached hydrogen (secondary N) is 1. The summed E-state index contributed by atoms with van der Waals surface area (Å²) < 4.78 is 12.3. The first-order chi connectivity index (χ1) is 14.4. The van der Waals surface area contributed by atoms with E-state index in [1.54, 1.807) is 36.4 Å². The summed E-state index contributed by atoms with van der Waals surface area (Å²) in [5.41, 5.74) is 3.74. The van der Waals surface area contributed by atoms with E-state index in [9.17, 15) is 9.59 Å². The highest BCUT2D eigenvalue weighted by atomic mass is 79.9. The molecule has 1 saturated heterocycles. The normalized spacial score (nSPS) is 14.9. The zero-order chi connectivity index (χ0) is 21.7. The molecule has 0 aromatic heterocycles. The molecule has 1 aliphatic rings. The highest BCUT2D eigenvalue weighted by molar-refractivity contribution is 9.10. The van der Waals surface area contributed by atoms with Crippen molar-refractivity contribution in [2.75, 3.05) is 13.2 Å². The van der Waals surface area contributed by atoms with Crippen LogP contribution in [0, 0.1) is 0 Å². The van der Waals surface area contributed by atoms with E-state index in [0.29, 0.717) is 35.2 Å². The minimum atomic E-state index is -0.407. The van der Waals surface area contributed by atoms with Gasteiger partial charge in [-0.1, -0.05) is 30.0 Å². The van der Waals surface area contributed by atoms with Crippen LogP contribution in [-0.2, 0) is 4.79 Å². The fourth-order valence-electron chi connectivity index (χ4n) is 2.69. The number of ether oxygens (including phenoxy) is 2. The molecule has 1 aliphatic heterocycles. The van der Waals surface area contributed by atoms with Crippen molar-refractivity contribution in [1.82, 2.24) is 10.4 Å².